The van der Waals surface area contributed by atoms with E-state index in [0.717, 1.165) is 29.1 Å². The van der Waals surface area contributed by atoms with Crippen molar-refractivity contribution in [3.8, 4) is 5.88 Å². The van der Waals surface area contributed by atoms with Crippen LogP contribution in [0.1, 0.15) is 13.8 Å². The van der Waals surface area contributed by atoms with Crippen LogP contribution >= 0.6 is 0 Å². The van der Waals surface area contributed by atoms with E-state index in [2.05, 4.69) is 15.0 Å². The number of carbonyl (C=O) groups is 1. The Morgan fingerprint density at radius 2 is 1.87 bits per heavy atom. The van der Waals surface area contributed by atoms with Gasteiger partial charge in [-0.2, -0.15) is 17.5 Å². The molecule has 13 heteroatoms. The van der Waals surface area contributed by atoms with Gasteiger partial charge in [-0.3, -0.25) is 9.59 Å². The van der Waals surface area contributed by atoms with Crippen LogP contribution in [0.5, 0.6) is 5.88 Å². The number of hydrogen-bond donors (Lipinski definition) is 1. The summed E-state index contributed by atoms with van der Waals surface area (Å²) in [4.78, 5) is 27.8. The average molecular weight is 462 g/mol. The minimum atomic E-state index is -4.50. The Bertz CT molecular complexity index is 1060. The third-order valence-corrected chi connectivity index (χ3v) is 6.05. The highest BCUT2D eigenvalue weighted by Gasteiger charge is 2.28. The summed E-state index contributed by atoms with van der Waals surface area (Å²) in [5.41, 5.74) is -0.424. The van der Waals surface area contributed by atoms with Gasteiger partial charge in [0, 0.05) is 31.4 Å². The normalized spacial score (nSPS) is 12.1. The van der Waals surface area contributed by atoms with Crippen LogP contribution in [0.3, 0.4) is 0 Å². The van der Waals surface area contributed by atoms with E-state index in [-0.39, 0.29) is 29.6 Å². The van der Waals surface area contributed by atoms with Crippen molar-refractivity contribution in [2.75, 3.05) is 25.0 Å². The first-order valence-electron chi connectivity index (χ1n) is 9.12. The average Bonchev–Trinajstić information content (AvgIpc) is 2.69. The number of anilines is 1. The SMILES string of the molecule is CCN(CC)S(=O)(=O)c1ccc(=O)n(CC(=O)Nc2ccc(OCC(F)(F)F)nc2)c1. The van der Waals surface area contributed by atoms with Gasteiger partial charge >= 0.3 is 6.18 Å². The number of rotatable bonds is 9. The first kappa shape index (κ1) is 24.3. The molecule has 9 nitrogen and oxygen atoms in total. The zero-order chi connectivity index (χ0) is 23.2. The van der Waals surface area contributed by atoms with Crippen LogP contribution in [0.15, 0.2) is 46.3 Å². The van der Waals surface area contributed by atoms with E-state index in [1.807, 2.05) is 0 Å². The summed E-state index contributed by atoms with van der Waals surface area (Å²) in [6, 6.07) is 4.65. The van der Waals surface area contributed by atoms with Gasteiger partial charge in [0.05, 0.1) is 16.8 Å². The van der Waals surface area contributed by atoms with Crippen LogP contribution in [-0.4, -0.2) is 54.1 Å². The minimum Gasteiger partial charge on any atom is -0.468 e. The van der Waals surface area contributed by atoms with Crippen LogP contribution in [0.4, 0.5) is 18.9 Å². The van der Waals surface area contributed by atoms with Crippen LogP contribution in [0.2, 0.25) is 0 Å². The fourth-order valence-electron chi connectivity index (χ4n) is 2.55. The van der Waals surface area contributed by atoms with Gasteiger partial charge in [0.2, 0.25) is 21.8 Å². The van der Waals surface area contributed by atoms with Crippen LogP contribution < -0.4 is 15.6 Å². The summed E-state index contributed by atoms with van der Waals surface area (Å²) >= 11 is 0. The summed E-state index contributed by atoms with van der Waals surface area (Å²) in [6.45, 7) is 1.87. The lowest BCUT2D eigenvalue weighted by Gasteiger charge is -2.19. The van der Waals surface area contributed by atoms with E-state index in [1.165, 1.54) is 16.4 Å². The molecule has 1 amide bonds. The first-order valence-corrected chi connectivity index (χ1v) is 10.6. The van der Waals surface area contributed by atoms with Crippen molar-refractivity contribution in [2.24, 2.45) is 0 Å². The molecule has 0 saturated heterocycles. The molecule has 0 aliphatic carbocycles. The topological polar surface area (TPSA) is 111 Å². The van der Waals surface area contributed by atoms with E-state index >= 15 is 0 Å². The lowest BCUT2D eigenvalue weighted by Crippen LogP contribution is -2.33. The summed E-state index contributed by atoms with van der Waals surface area (Å²) in [7, 11) is -3.82. The number of hydrogen-bond acceptors (Lipinski definition) is 6. The van der Waals surface area contributed by atoms with Crippen molar-refractivity contribution in [1.29, 1.82) is 0 Å². The Hall–Kier alpha value is -2.93. The predicted molar refractivity (Wildman–Crippen MR) is 105 cm³/mol. The van der Waals surface area contributed by atoms with Gasteiger partial charge in [0.15, 0.2) is 6.61 Å². The molecule has 0 aromatic carbocycles. The van der Waals surface area contributed by atoms with E-state index in [1.54, 1.807) is 13.8 Å². The maximum atomic E-state index is 12.6. The standard InChI is InChI=1S/C18H21F3N4O5S/c1-3-25(4-2)31(28,29)14-6-8-17(27)24(10-14)11-15(26)23-13-5-7-16(22-9-13)30-12-18(19,20)21/h5-10H,3-4,11-12H2,1-2H3,(H,23,26). The summed E-state index contributed by atoms with van der Waals surface area (Å²) in [6.07, 6.45) is -2.33. The first-order chi connectivity index (χ1) is 14.5. The number of halogens is 3. The molecule has 0 bridgehead atoms. The monoisotopic (exact) mass is 462 g/mol. The second-order valence-corrected chi connectivity index (χ2v) is 8.20. The van der Waals surface area contributed by atoms with Crippen molar-refractivity contribution in [3.63, 3.8) is 0 Å². The van der Waals surface area contributed by atoms with Crippen LogP contribution in [0.25, 0.3) is 0 Å². The molecule has 170 valence electrons. The Labute approximate surface area is 176 Å². The molecule has 2 aromatic heterocycles. The van der Waals surface area contributed by atoms with Crippen molar-refractivity contribution in [2.45, 2.75) is 31.5 Å². The molecule has 2 aromatic rings. The van der Waals surface area contributed by atoms with Gasteiger partial charge in [-0.1, -0.05) is 13.8 Å². The van der Waals surface area contributed by atoms with Gasteiger partial charge in [-0.25, -0.2) is 13.4 Å². The largest absolute Gasteiger partial charge is 0.468 e. The minimum absolute atomic E-state index is 0.128. The summed E-state index contributed by atoms with van der Waals surface area (Å²) < 4.78 is 68.3. The van der Waals surface area contributed by atoms with Gasteiger partial charge in [0.1, 0.15) is 6.54 Å². The Balaban J connectivity index is 2.09. The van der Waals surface area contributed by atoms with Crippen molar-refractivity contribution < 1.29 is 31.1 Å². The maximum Gasteiger partial charge on any atom is 0.422 e. The Kier molecular flexibility index (Phi) is 7.79. The molecular formula is C18H21F3N4O5S. The summed E-state index contributed by atoms with van der Waals surface area (Å²) in [5, 5.41) is 2.42. The molecule has 0 aliphatic rings. The van der Waals surface area contributed by atoms with Crippen LogP contribution in [-0.2, 0) is 21.4 Å². The van der Waals surface area contributed by atoms with Crippen LogP contribution in [0, 0.1) is 0 Å². The quantitative estimate of drug-likeness (QED) is 0.609. The molecule has 0 saturated carbocycles. The van der Waals surface area contributed by atoms with Crippen molar-refractivity contribution >= 4 is 21.6 Å². The highest BCUT2D eigenvalue weighted by atomic mass is 32.2. The molecule has 0 unspecified atom stereocenters. The molecule has 1 N–H and O–H groups in total. The van der Waals surface area contributed by atoms with E-state index < -0.39 is 40.8 Å². The highest BCUT2D eigenvalue weighted by Crippen LogP contribution is 2.18. The van der Waals surface area contributed by atoms with E-state index in [0.29, 0.717) is 0 Å². The second kappa shape index (κ2) is 9.92. The lowest BCUT2D eigenvalue weighted by molar-refractivity contribution is -0.154. The number of pyridine rings is 2. The second-order valence-electron chi connectivity index (χ2n) is 6.26. The number of carbonyl (C=O) groups excluding carboxylic acids is 1. The van der Waals surface area contributed by atoms with Gasteiger partial charge in [-0.05, 0) is 12.1 Å². The number of alkyl halides is 3. The van der Waals surface area contributed by atoms with Crippen molar-refractivity contribution in [1.82, 2.24) is 13.9 Å². The Morgan fingerprint density at radius 1 is 1.19 bits per heavy atom. The van der Waals surface area contributed by atoms with E-state index in [4.69, 9.17) is 0 Å². The molecule has 31 heavy (non-hydrogen) atoms. The predicted octanol–water partition coefficient (Wildman–Crippen LogP) is 1.85. The molecule has 2 heterocycles. The van der Waals surface area contributed by atoms with Gasteiger partial charge in [-0.15, -0.1) is 0 Å². The molecular weight excluding hydrogens is 441 g/mol. The molecule has 0 atom stereocenters. The third-order valence-electron chi connectivity index (χ3n) is 4.02. The third kappa shape index (κ3) is 6.79. The highest BCUT2D eigenvalue weighted by molar-refractivity contribution is 7.89. The number of ether oxygens (including phenoxy) is 1. The van der Waals surface area contributed by atoms with E-state index in [9.17, 15) is 31.2 Å². The molecule has 0 fully saturated rings. The number of amides is 1. The number of sulfonamides is 1. The summed E-state index contributed by atoms with van der Waals surface area (Å²) in [5.74, 6) is -0.939. The van der Waals surface area contributed by atoms with Gasteiger partial charge in [0.25, 0.3) is 5.56 Å². The molecule has 2 rings (SSSR count). The lowest BCUT2D eigenvalue weighted by atomic mass is 10.4. The molecule has 0 spiro atoms. The smallest absolute Gasteiger partial charge is 0.422 e. The zero-order valence-corrected chi connectivity index (χ0v) is 17.5. The fraction of sp³-hybridized carbons (Fsp3) is 0.389. The fourth-order valence-corrected chi connectivity index (χ4v) is 4.03. The molecule has 0 radical (unpaired) electrons. The van der Waals surface area contributed by atoms with Crippen molar-refractivity contribution in [3.05, 3.63) is 47.0 Å². The number of aromatic nitrogens is 2. The number of nitrogens with zero attached hydrogens (tertiary/aromatic N) is 3. The Morgan fingerprint density at radius 3 is 2.42 bits per heavy atom. The number of nitrogens with one attached hydrogen (secondary N) is 1. The zero-order valence-electron chi connectivity index (χ0n) is 16.7. The maximum absolute atomic E-state index is 12.6. The molecule has 0 aliphatic heterocycles. The van der Waals surface area contributed by atoms with Gasteiger partial charge < -0.3 is 14.6 Å².